The zero-order valence-corrected chi connectivity index (χ0v) is 13.6. The molecule has 0 aromatic heterocycles. The quantitative estimate of drug-likeness (QED) is 0.324. The summed E-state index contributed by atoms with van der Waals surface area (Å²) in [4.78, 5) is 0. The van der Waals surface area contributed by atoms with E-state index in [0.717, 1.165) is 0 Å². The molecule has 0 heterocycles. The van der Waals surface area contributed by atoms with Crippen LogP contribution in [0, 0.1) is 12.3 Å². The van der Waals surface area contributed by atoms with Gasteiger partial charge in [-0.3, -0.25) is 0 Å². The smallest absolute Gasteiger partial charge is 0.146 e. The molecule has 0 radical (unpaired) electrons. The Morgan fingerprint density at radius 1 is 0.731 bits per heavy atom. The molecule has 6 N–H and O–H groups in total. The van der Waals surface area contributed by atoms with Crippen molar-refractivity contribution in [3.63, 3.8) is 0 Å². The number of rotatable bonds is 4. The first-order valence-corrected chi connectivity index (χ1v) is 7.59. The van der Waals surface area contributed by atoms with Crippen molar-refractivity contribution >= 4 is 11.4 Å². The molecule has 0 bridgehead atoms. The van der Waals surface area contributed by atoms with Crippen molar-refractivity contribution in [1.82, 2.24) is 0 Å². The van der Waals surface area contributed by atoms with E-state index in [4.69, 9.17) is 27.4 Å². The molecular weight excluding hydrogens is 332 g/mol. The highest BCUT2D eigenvalue weighted by Gasteiger charge is 2.09. The summed E-state index contributed by atoms with van der Waals surface area (Å²) >= 11 is 0. The number of phenols is 2. The van der Waals surface area contributed by atoms with Crippen LogP contribution in [0.15, 0.2) is 54.6 Å². The van der Waals surface area contributed by atoms with E-state index in [-0.39, 0.29) is 22.9 Å². The van der Waals surface area contributed by atoms with Crippen molar-refractivity contribution in [1.29, 1.82) is 0 Å². The number of aromatic hydroxyl groups is 2. The Morgan fingerprint density at radius 3 is 1.77 bits per heavy atom. The zero-order chi connectivity index (χ0) is 18.7. The molecule has 0 saturated heterocycles. The second-order valence-corrected chi connectivity index (χ2v) is 5.45. The van der Waals surface area contributed by atoms with Crippen molar-refractivity contribution in [3.05, 3.63) is 60.2 Å². The summed E-state index contributed by atoms with van der Waals surface area (Å²) < 4.78 is 11.5. The number of ether oxygens (including phenoxy) is 2. The molecule has 3 aromatic rings. The van der Waals surface area contributed by atoms with Crippen LogP contribution in [0.25, 0.3) is 0 Å². The van der Waals surface area contributed by atoms with E-state index in [0.29, 0.717) is 28.6 Å². The standard InChI is InChI=1S/C20H16N2O4/c1-2-12-3-4-15(25-13-5-7-18(23)16(21)9-13)11-20(12)26-14-6-8-19(24)17(22)10-14/h1,3-11,23-24H,21-22H2. The van der Waals surface area contributed by atoms with Gasteiger partial charge in [0.15, 0.2) is 0 Å². The zero-order valence-electron chi connectivity index (χ0n) is 13.6. The fourth-order valence-electron chi connectivity index (χ4n) is 2.23. The first-order chi connectivity index (χ1) is 12.5. The lowest BCUT2D eigenvalue weighted by atomic mass is 10.2. The normalized spacial score (nSPS) is 10.1. The van der Waals surface area contributed by atoms with Gasteiger partial charge in [0.25, 0.3) is 0 Å². The van der Waals surface area contributed by atoms with Gasteiger partial charge in [0.2, 0.25) is 0 Å². The SMILES string of the molecule is C#Cc1ccc(Oc2ccc(O)c(N)c2)cc1Oc1ccc(O)c(N)c1. The third kappa shape index (κ3) is 3.57. The monoisotopic (exact) mass is 348 g/mol. The van der Waals surface area contributed by atoms with E-state index in [2.05, 4.69) is 5.92 Å². The Labute approximate surface area is 150 Å². The summed E-state index contributed by atoms with van der Waals surface area (Å²) in [6.07, 6.45) is 5.52. The maximum Gasteiger partial charge on any atom is 0.146 e. The number of phenolic OH excluding ortho intramolecular Hbond substituents is 2. The van der Waals surface area contributed by atoms with Crippen LogP contribution >= 0.6 is 0 Å². The lowest BCUT2D eigenvalue weighted by molar-refractivity contribution is 0.453. The molecule has 26 heavy (non-hydrogen) atoms. The molecule has 3 aromatic carbocycles. The first-order valence-electron chi connectivity index (χ1n) is 7.59. The molecule has 0 amide bonds. The minimum absolute atomic E-state index is 0.0195. The summed E-state index contributed by atoms with van der Waals surface area (Å²) in [5.41, 5.74) is 12.3. The highest BCUT2D eigenvalue weighted by Crippen LogP contribution is 2.34. The van der Waals surface area contributed by atoms with Crippen LogP contribution in [-0.4, -0.2) is 10.2 Å². The average molecular weight is 348 g/mol. The Bertz CT molecular complexity index is 1010. The van der Waals surface area contributed by atoms with E-state index in [1.807, 2.05) is 0 Å². The van der Waals surface area contributed by atoms with Gasteiger partial charge in [0.1, 0.15) is 34.5 Å². The Morgan fingerprint density at radius 2 is 1.23 bits per heavy atom. The molecule has 6 heteroatoms. The lowest BCUT2D eigenvalue weighted by Crippen LogP contribution is -1.93. The van der Waals surface area contributed by atoms with Crippen LogP contribution < -0.4 is 20.9 Å². The van der Waals surface area contributed by atoms with Gasteiger partial charge < -0.3 is 31.2 Å². The molecular formula is C20H16N2O4. The van der Waals surface area contributed by atoms with Gasteiger partial charge in [0.05, 0.1) is 16.9 Å². The van der Waals surface area contributed by atoms with E-state index < -0.39 is 0 Å². The molecule has 0 fully saturated rings. The largest absolute Gasteiger partial charge is 0.506 e. The van der Waals surface area contributed by atoms with Gasteiger partial charge in [0, 0.05) is 18.2 Å². The topological polar surface area (TPSA) is 111 Å². The number of nitrogen functional groups attached to an aromatic ring is 2. The van der Waals surface area contributed by atoms with Gasteiger partial charge >= 0.3 is 0 Å². The van der Waals surface area contributed by atoms with Crippen LogP contribution in [0.5, 0.6) is 34.5 Å². The number of nitrogens with two attached hydrogens (primary N) is 2. The van der Waals surface area contributed by atoms with E-state index in [1.165, 1.54) is 24.3 Å². The minimum atomic E-state index is -0.0310. The number of hydrogen-bond acceptors (Lipinski definition) is 6. The highest BCUT2D eigenvalue weighted by molar-refractivity contribution is 5.58. The highest BCUT2D eigenvalue weighted by atomic mass is 16.5. The maximum absolute atomic E-state index is 9.50. The summed E-state index contributed by atoms with van der Waals surface area (Å²) in [5.74, 6) is 4.22. The van der Waals surface area contributed by atoms with Crippen molar-refractivity contribution in [2.45, 2.75) is 0 Å². The number of anilines is 2. The third-order valence-corrected chi connectivity index (χ3v) is 3.57. The molecule has 3 rings (SSSR count). The van der Waals surface area contributed by atoms with E-state index in [1.54, 1.807) is 30.3 Å². The molecule has 0 aliphatic rings. The number of benzene rings is 3. The summed E-state index contributed by atoms with van der Waals surface area (Å²) in [5, 5.41) is 19.0. The molecule has 0 saturated carbocycles. The van der Waals surface area contributed by atoms with E-state index in [9.17, 15) is 10.2 Å². The van der Waals surface area contributed by atoms with Crippen molar-refractivity contribution in [2.24, 2.45) is 0 Å². The molecule has 6 nitrogen and oxygen atoms in total. The Kier molecular flexibility index (Phi) is 4.46. The molecule has 0 unspecified atom stereocenters. The van der Waals surface area contributed by atoms with Crippen LogP contribution in [0.4, 0.5) is 11.4 Å². The second-order valence-electron chi connectivity index (χ2n) is 5.45. The third-order valence-electron chi connectivity index (χ3n) is 3.57. The number of terminal acetylenes is 1. The second kappa shape index (κ2) is 6.87. The molecule has 130 valence electrons. The predicted octanol–water partition coefficient (Wildman–Crippen LogP) is 3.83. The van der Waals surface area contributed by atoms with Crippen molar-refractivity contribution in [2.75, 3.05) is 11.5 Å². The first kappa shape index (κ1) is 16.9. The fourth-order valence-corrected chi connectivity index (χ4v) is 2.23. The molecule has 0 spiro atoms. The summed E-state index contributed by atoms with van der Waals surface area (Å²) in [6.45, 7) is 0. The molecule has 0 aliphatic heterocycles. The van der Waals surface area contributed by atoms with Crippen LogP contribution in [0.3, 0.4) is 0 Å². The predicted molar refractivity (Wildman–Crippen MR) is 99.6 cm³/mol. The van der Waals surface area contributed by atoms with Crippen molar-refractivity contribution < 1.29 is 19.7 Å². The summed E-state index contributed by atoms with van der Waals surface area (Å²) in [6, 6.07) is 14.0. The fraction of sp³-hybridized carbons (Fsp3) is 0. The molecule has 0 aliphatic carbocycles. The minimum Gasteiger partial charge on any atom is -0.506 e. The Balaban J connectivity index is 1.89. The van der Waals surface area contributed by atoms with Crippen LogP contribution in [0.1, 0.15) is 5.56 Å². The van der Waals surface area contributed by atoms with Crippen molar-refractivity contribution in [3.8, 4) is 46.8 Å². The summed E-state index contributed by atoms with van der Waals surface area (Å²) in [7, 11) is 0. The average Bonchev–Trinajstić information content (AvgIpc) is 2.62. The van der Waals surface area contributed by atoms with Gasteiger partial charge in [-0.15, -0.1) is 6.42 Å². The lowest BCUT2D eigenvalue weighted by Gasteiger charge is -2.12. The van der Waals surface area contributed by atoms with Gasteiger partial charge in [-0.25, -0.2) is 0 Å². The Hall–Kier alpha value is -3.98. The van der Waals surface area contributed by atoms with Gasteiger partial charge in [-0.05, 0) is 36.4 Å². The van der Waals surface area contributed by atoms with Gasteiger partial charge in [-0.1, -0.05) is 5.92 Å². The van der Waals surface area contributed by atoms with Crippen LogP contribution in [-0.2, 0) is 0 Å². The maximum atomic E-state index is 9.50. The van der Waals surface area contributed by atoms with Gasteiger partial charge in [-0.2, -0.15) is 0 Å². The van der Waals surface area contributed by atoms with Crippen LogP contribution in [0.2, 0.25) is 0 Å². The van der Waals surface area contributed by atoms with E-state index >= 15 is 0 Å². The number of hydrogen-bond donors (Lipinski definition) is 4. The molecule has 0 atom stereocenters.